The van der Waals surface area contributed by atoms with Gasteiger partial charge in [0.25, 0.3) is 11.8 Å². The molecule has 0 radical (unpaired) electrons. The van der Waals surface area contributed by atoms with E-state index in [2.05, 4.69) is 32.1 Å². The Bertz CT molecular complexity index is 3270. The van der Waals surface area contributed by atoms with Gasteiger partial charge in [-0.15, -0.1) is 0 Å². The number of primary amides is 1. The van der Waals surface area contributed by atoms with Gasteiger partial charge < -0.3 is 60.5 Å². The first kappa shape index (κ1) is 59.7. The molecule has 5 aromatic rings. The number of nitrogens with one attached hydrogen (secondary N) is 2. The number of H-pyrrole nitrogens is 1. The van der Waals surface area contributed by atoms with Crippen LogP contribution in [0, 0.1) is 25.7 Å². The number of aliphatic hydroxyl groups is 4. The highest BCUT2D eigenvalue weighted by Gasteiger charge is 2.65. The van der Waals surface area contributed by atoms with Crippen molar-refractivity contribution in [1.82, 2.24) is 30.1 Å². The number of methoxy groups -OCH3 is 3. The van der Waals surface area contributed by atoms with Gasteiger partial charge >= 0.3 is 5.16 Å². The molecule has 424 valence electrons. The number of aromatic amines is 1. The molecule has 0 saturated carbocycles. The predicted molar refractivity (Wildman–Crippen MR) is 294 cm³/mol. The molecule has 21 nitrogen and oxygen atoms in total. The molecule has 0 bridgehead atoms. The molecule has 1 saturated heterocycles. The van der Waals surface area contributed by atoms with Crippen LogP contribution in [0.15, 0.2) is 76.5 Å². The lowest BCUT2D eigenvalue weighted by molar-refractivity contribution is -0.151. The number of aryl methyl sites for hydroxylation is 2. The highest BCUT2D eigenvalue weighted by Crippen LogP contribution is 2.56. The minimum absolute atomic E-state index is 0.0509. The number of nitrogens with zero attached hydrogens (tertiary/aromatic N) is 4. The van der Waals surface area contributed by atoms with Crippen LogP contribution in [0.3, 0.4) is 0 Å². The maximum Gasteiger partial charge on any atom is 0.322 e. The molecule has 1 aliphatic heterocycles. The second-order valence-electron chi connectivity index (χ2n) is 20.2. The van der Waals surface area contributed by atoms with Gasteiger partial charge in [0.2, 0.25) is 5.78 Å². The quantitative estimate of drug-likeness (QED) is 0.0518. The maximum atomic E-state index is 13.3. The number of pyridine rings is 1. The molecule has 3 aliphatic carbocycles. The highest BCUT2D eigenvalue weighted by molar-refractivity contribution is 7.90. The summed E-state index contributed by atoms with van der Waals surface area (Å²) in [6.45, 7) is 11.9. The number of phenolic OH excluding ortho intramolecular Hbond substituents is 2. The van der Waals surface area contributed by atoms with Crippen molar-refractivity contribution in [3.05, 3.63) is 115 Å². The largest absolute Gasteiger partial charge is 0.609 e. The molecule has 1 unspecified atom stereocenters. The zero-order chi connectivity index (χ0) is 58.2. The van der Waals surface area contributed by atoms with E-state index in [9.17, 15) is 54.4 Å². The summed E-state index contributed by atoms with van der Waals surface area (Å²) in [4.78, 5) is 66.7. The van der Waals surface area contributed by atoms with Gasteiger partial charge in [-0.25, -0.2) is 0 Å². The Labute approximate surface area is 465 Å². The van der Waals surface area contributed by atoms with E-state index in [0.717, 1.165) is 59.5 Å². The van der Waals surface area contributed by atoms with Crippen molar-refractivity contribution in [1.29, 1.82) is 0 Å². The third-order valence-corrected chi connectivity index (χ3v) is 16.9. The van der Waals surface area contributed by atoms with Gasteiger partial charge in [-0.3, -0.25) is 38.9 Å². The molecule has 1 fully saturated rings. The number of carbonyl (C=O) groups is 4. The minimum Gasteiger partial charge on any atom is -0.609 e. The van der Waals surface area contributed by atoms with Crippen LogP contribution in [0.4, 0.5) is 0 Å². The average Bonchev–Trinajstić information content (AvgIpc) is 4.24. The van der Waals surface area contributed by atoms with Crippen LogP contribution in [0.2, 0.25) is 5.02 Å². The molecule has 0 spiro atoms. The number of aliphatic hydroxyl groups excluding tert-OH is 2. The third kappa shape index (κ3) is 10.9. The smallest absolute Gasteiger partial charge is 0.322 e. The molecule has 2 aromatic heterocycles. The molecule has 3 aromatic carbocycles. The summed E-state index contributed by atoms with van der Waals surface area (Å²) in [5.74, 6) is -6.29. The molecule has 2 amide bonds. The predicted octanol–water partition coefficient (Wildman–Crippen LogP) is 5.52. The van der Waals surface area contributed by atoms with Gasteiger partial charge in [0.05, 0.1) is 60.3 Å². The van der Waals surface area contributed by atoms with E-state index < -0.39 is 86.1 Å². The van der Waals surface area contributed by atoms with Crippen LogP contribution < -0.4 is 25.3 Å². The van der Waals surface area contributed by atoms with Crippen LogP contribution in [-0.4, -0.2) is 156 Å². The van der Waals surface area contributed by atoms with Gasteiger partial charge in [-0.05, 0) is 109 Å². The molecule has 10 N–H and O–H groups in total. The molecule has 23 heteroatoms. The van der Waals surface area contributed by atoms with Crippen molar-refractivity contribution in [3.63, 3.8) is 0 Å². The van der Waals surface area contributed by atoms with Gasteiger partial charge in [0.1, 0.15) is 45.7 Å². The third-order valence-electron chi connectivity index (χ3n) is 15.4. The van der Waals surface area contributed by atoms with Crippen molar-refractivity contribution in [2.45, 2.75) is 94.5 Å². The second kappa shape index (κ2) is 23.8. The normalized spacial score (nSPS) is 23.0. The zero-order valence-electron chi connectivity index (χ0n) is 45.7. The van der Waals surface area contributed by atoms with Gasteiger partial charge in [-0.1, -0.05) is 37.6 Å². The summed E-state index contributed by atoms with van der Waals surface area (Å²) in [7, 11) is 7.74. The minimum atomic E-state index is -2.75. The van der Waals surface area contributed by atoms with Crippen molar-refractivity contribution in [2.75, 3.05) is 55.1 Å². The van der Waals surface area contributed by atoms with Crippen molar-refractivity contribution < 1.29 is 68.6 Å². The fourth-order valence-corrected chi connectivity index (χ4v) is 12.7. The van der Waals surface area contributed by atoms with Crippen LogP contribution >= 0.6 is 11.6 Å². The molecule has 3 heterocycles. The Kier molecular flexibility index (Phi) is 18.0. The van der Waals surface area contributed by atoms with Gasteiger partial charge in [0, 0.05) is 64.6 Å². The van der Waals surface area contributed by atoms with E-state index in [1.807, 2.05) is 39.0 Å². The average molecular weight is 1130 g/mol. The number of rotatable bonds is 13. The molecule has 7 atom stereocenters. The molecular weight excluding hydrogens is 1060 g/mol. The number of carbonyl (C=O) groups excluding carboxylic acids is 4. The van der Waals surface area contributed by atoms with Gasteiger partial charge in [0.15, 0.2) is 22.9 Å². The number of benzene rings is 3. The lowest BCUT2D eigenvalue weighted by Gasteiger charge is -2.52. The van der Waals surface area contributed by atoms with E-state index in [1.54, 1.807) is 26.5 Å². The molecule has 79 heavy (non-hydrogen) atoms. The number of hydrogen-bond acceptors (Lipinski definition) is 18. The topological polar surface area (TPSA) is 327 Å². The van der Waals surface area contributed by atoms with Crippen LogP contribution in [0.5, 0.6) is 28.7 Å². The van der Waals surface area contributed by atoms with E-state index in [1.165, 1.54) is 51.2 Å². The van der Waals surface area contributed by atoms with Crippen LogP contribution in [0.1, 0.15) is 88.7 Å². The summed E-state index contributed by atoms with van der Waals surface area (Å²) in [5, 5.41) is 69.1. The lowest BCUT2D eigenvalue weighted by Crippen LogP contribution is -2.65. The Hall–Kier alpha value is -6.92. The first-order chi connectivity index (χ1) is 37.3. The number of imidazole rings is 1. The fraction of sp³-hybridized carbons (Fsp3) is 0.429. The summed E-state index contributed by atoms with van der Waals surface area (Å²) in [6.07, 6.45) is 4.35. The van der Waals surface area contributed by atoms with E-state index >= 15 is 0 Å². The molecular formula is C56H68ClN7O14S. The SMILES string of the molecule is CCc1cc(Cl)c(OC)c(C(=O)NC[C@@H]2CCCN2CC)c1O.CN(C)[C@@H]1C(O)=C(C(N)=O)C(=O)[C@@]2(O)C(O)=C3C(=O)c4c(O)cccc4[C@@](C)(O)[C@H]3C[C@@H]12.COc1ccc2[nH]c([S+]([O-])Cc3ncc(C)c(OC)c3C)nc2c1. The monoisotopic (exact) mass is 1130 g/mol. The van der Waals surface area contributed by atoms with E-state index in [4.69, 9.17) is 31.5 Å². The number of ketones is 2. The highest BCUT2D eigenvalue weighted by atomic mass is 35.5. The number of likely N-dealkylation sites (N-methyl/N-ethyl adjacent to an activating group) is 2. The van der Waals surface area contributed by atoms with Crippen LogP contribution in [0.25, 0.3) is 11.0 Å². The number of likely N-dealkylation sites (tertiary alicyclic amines) is 1. The molecule has 4 aliphatic rings. The number of phenols is 2. The fourth-order valence-electron chi connectivity index (χ4n) is 11.3. The van der Waals surface area contributed by atoms with Crippen molar-refractivity contribution >= 4 is 57.2 Å². The summed E-state index contributed by atoms with van der Waals surface area (Å²) in [6, 6.07) is 10.5. The molecule has 9 rings (SSSR count). The van der Waals surface area contributed by atoms with Crippen molar-refractivity contribution in [3.8, 4) is 28.7 Å². The number of hydrogen-bond donors (Lipinski definition) is 9. The van der Waals surface area contributed by atoms with Crippen LogP contribution in [-0.2, 0) is 38.5 Å². The number of halogens is 1. The summed E-state index contributed by atoms with van der Waals surface area (Å²) < 4.78 is 28.5. The Morgan fingerprint density at radius 1 is 1.03 bits per heavy atom. The summed E-state index contributed by atoms with van der Waals surface area (Å²) in [5.41, 5.74) is 4.26. The summed E-state index contributed by atoms with van der Waals surface area (Å²) >= 11 is 4.85. The Morgan fingerprint density at radius 3 is 2.34 bits per heavy atom. The first-order valence-electron chi connectivity index (χ1n) is 25.5. The van der Waals surface area contributed by atoms with E-state index in [-0.39, 0.29) is 46.3 Å². The number of ether oxygens (including phenoxy) is 3. The Morgan fingerprint density at radius 2 is 1.72 bits per heavy atom. The maximum absolute atomic E-state index is 13.3. The number of nitrogens with two attached hydrogens (primary N) is 1. The number of Topliss-reactive ketones (excluding diaryl/α,β-unsaturated/α-hetero) is 2. The number of aromatic nitrogens is 3. The first-order valence-corrected chi connectivity index (χ1v) is 27.2. The Balaban J connectivity index is 0.000000175. The second-order valence-corrected chi connectivity index (χ2v) is 22.0. The van der Waals surface area contributed by atoms with E-state index in [0.29, 0.717) is 40.5 Å². The number of fused-ring (bicyclic) bond motifs is 4. The number of amides is 2. The zero-order valence-corrected chi connectivity index (χ0v) is 47.3. The standard InChI is InChI=1S/C22H24N2O8.C17H25ClN2O3.C17H19N3O3S/c1-21(31)8-5-4-6-11(25)12(8)16(26)13-9(21)7-10-15(24(2)3)17(27)14(20(23)30)19(29)22(10,32)18(13)28;1-4-11-9-13(18)16(23-3)14(15(11)21)17(22)19-10-12-7-6-8-20(12)5-2;1-10-8-18-15(11(2)16(10)23-4)9-24(21)17-19-13-6-5-12(22-3)7-14(13)20-17/h4-6,9-10,15,25,27-28,31-32H,7H2,1-3H3,(H2,23,30);9,12,21H,4-8,10H2,1-3H3,(H,19,22);5-8H,9H2,1-4H3,(H,19,20)/t9-,10-,15-,21+,22-;12-;/m00./s1. The van der Waals surface area contributed by atoms with Crippen molar-refractivity contribution in [2.24, 2.45) is 17.6 Å². The number of aromatic hydroxyl groups is 2. The lowest BCUT2D eigenvalue weighted by atomic mass is 9.55. The van der Waals surface area contributed by atoms with Gasteiger partial charge in [-0.2, -0.15) is 4.98 Å².